The van der Waals surface area contributed by atoms with Crippen LogP contribution in [0.4, 0.5) is 13.2 Å². The lowest BCUT2D eigenvalue weighted by Crippen LogP contribution is -2.48. The number of carbonyl (C=O) groups excluding carboxylic acids is 1. The number of fused-ring (bicyclic) bond motifs is 1. The molecule has 1 aromatic heterocycles. The molecular weight excluding hydrogens is 527 g/mol. The molecule has 1 fully saturated rings. The fraction of sp³-hybridized carbons (Fsp3) is 0.304. The third-order valence-electron chi connectivity index (χ3n) is 5.40. The number of morpholine rings is 1. The van der Waals surface area contributed by atoms with E-state index in [2.05, 4.69) is 0 Å². The Morgan fingerprint density at radius 3 is 2.39 bits per heavy atom. The van der Waals surface area contributed by atoms with Gasteiger partial charge >= 0.3 is 17.8 Å². The van der Waals surface area contributed by atoms with Crippen LogP contribution in [0.1, 0.15) is 29.8 Å². The van der Waals surface area contributed by atoms with Gasteiger partial charge in [-0.15, -0.1) is 0 Å². The number of ether oxygens (including phenoxy) is 2. The fourth-order valence-corrected chi connectivity index (χ4v) is 5.99. The number of sulfonamides is 1. The van der Waals surface area contributed by atoms with Crippen LogP contribution >= 0.6 is 11.6 Å². The maximum absolute atomic E-state index is 13.2. The molecule has 1 saturated heterocycles. The molecule has 13 heteroatoms. The quantitative estimate of drug-likeness (QED) is 0.270. The normalized spacial score (nSPS) is 19.4. The van der Waals surface area contributed by atoms with E-state index in [0.29, 0.717) is 6.07 Å². The first-order chi connectivity index (χ1) is 16.8. The van der Waals surface area contributed by atoms with Gasteiger partial charge in [0.1, 0.15) is 16.2 Å². The SMILES string of the molecule is C[C@H]1CN(S(=O)(=O)c2cc(C(=O)Oc3ccc4c(C(F)(F)F)cc(=O)oc4c3)ccc2Cl)C[C@H](C)O1. The standard InChI is InChI=1S/C23H19ClF3NO7S/c1-12-10-28(11-13(2)33-12)36(31,32)20-7-14(3-6-18(20)24)22(30)34-15-4-5-16-17(23(25,26)27)9-21(29)35-19(16)8-15/h3-9,12-13H,10-11H2,1-2H3/t12-,13-/m0/s1. The summed E-state index contributed by atoms with van der Waals surface area (Å²) in [4.78, 5) is 24.0. The second-order valence-corrected chi connectivity index (χ2v) is 10.6. The number of halogens is 4. The number of esters is 1. The Morgan fingerprint density at radius 1 is 1.08 bits per heavy atom. The monoisotopic (exact) mass is 545 g/mol. The topological polar surface area (TPSA) is 103 Å². The zero-order valence-corrected chi connectivity index (χ0v) is 20.4. The van der Waals surface area contributed by atoms with Crippen molar-refractivity contribution in [2.75, 3.05) is 13.1 Å². The zero-order chi connectivity index (χ0) is 26.4. The molecule has 0 spiro atoms. The third-order valence-corrected chi connectivity index (χ3v) is 7.72. The molecule has 3 aromatic rings. The van der Waals surface area contributed by atoms with Crippen molar-refractivity contribution in [1.82, 2.24) is 4.31 Å². The number of hydrogen-bond donors (Lipinski definition) is 0. The summed E-state index contributed by atoms with van der Waals surface area (Å²) in [5.74, 6) is -1.22. The molecule has 2 heterocycles. The van der Waals surface area contributed by atoms with Crippen molar-refractivity contribution >= 4 is 38.6 Å². The Kier molecular flexibility index (Phi) is 6.90. The van der Waals surface area contributed by atoms with Gasteiger partial charge in [0.2, 0.25) is 10.0 Å². The number of rotatable bonds is 4. The average molecular weight is 546 g/mol. The van der Waals surface area contributed by atoms with Gasteiger partial charge in [0, 0.05) is 30.6 Å². The number of carbonyl (C=O) groups is 1. The fourth-order valence-electron chi connectivity index (χ4n) is 3.90. The average Bonchev–Trinajstić information content (AvgIpc) is 2.77. The molecule has 2 aromatic carbocycles. The van der Waals surface area contributed by atoms with Crippen LogP contribution in [-0.2, 0) is 20.9 Å². The van der Waals surface area contributed by atoms with Crippen LogP contribution < -0.4 is 10.4 Å². The number of alkyl halides is 3. The van der Waals surface area contributed by atoms with Crippen LogP contribution in [0.15, 0.2) is 56.6 Å². The van der Waals surface area contributed by atoms with E-state index < -0.39 is 44.3 Å². The third kappa shape index (κ3) is 5.26. The largest absolute Gasteiger partial charge is 0.423 e. The molecule has 1 aliphatic heterocycles. The van der Waals surface area contributed by atoms with Crippen molar-refractivity contribution in [1.29, 1.82) is 0 Å². The molecule has 36 heavy (non-hydrogen) atoms. The molecule has 0 amide bonds. The first-order valence-corrected chi connectivity index (χ1v) is 12.4. The highest BCUT2D eigenvalue weighted by Crippen LogP contribution is 2.35. The van der Waals surface area contributed by atoms with Gasteiger partial charge in [-0.2, -0.15) is 17.5 Å². The molecule has 0 aliphatic carbocycles. The van der Waals surface area contributed by atoms with Crippen molar-refractivity contribution in [2.45, 2.75) is 37.1 Å². The molecule has 4 rings (SSSR count). The summed E-state index contributed by atoms with van der Waals surface area (Å²) in [6, 6.07) is 6.94. The predicted molar refractivity (Wildman–Crippen MR) is 123 cm³/mol. The summed E-state index contributed by atoms with van der Waals surface area (Å²) < 4.78 is 83.0. The van der Waals surface area contributed by atoms with Crippen molar-refractivity contribution in [2.24, 2.45) is 0 Å². The van der Waals surface area contributed by atoms with Gasteiger partial charge in [-0.05, 0) is 44.2 Å². The summed E-state index contributed by atoms with van der Waals surface area (Å²) in [6.45, 7) is 3.66. The van der Waals surface area contributed by atoms with Gasteiger partial charge in [-0.25, -0.2) is 18.0 Å². The lowest BCUT2D eigenvalue weighted by atomic mass is 10.1. The summed E-state index contributed by atoms with van der Waals surface area (Å²) in [7, 11) is -4.08. The Hall–Kier alpha value is -2.93. The molecule has 0 radical (unpaired) electrons. The lowest BCUT2D eigenvalue weighted by Gasteiger charge is -2.34. The highest BCUT2D eigenvalue weighted by Gasteiger charge is 2.35. The molecule has 192 valence electrons. The Labute approximate surface area is 208 Å². The summed E-state index contributed by atoms with van der Waals surface area (Å²) >= 11 is 6.15. The van der Waals surface area contributed by atoms with E-state index in [1.807, 2.05) is 0 Å². The van der Waals surface area contributed by atoms with Crippen LogP contribution in [0, 0.1) is 0 Å². The van der Waals surface area contributed by atoms with Crippen LogP contribution in [-0.4, -0.2) is 44.0 Å². The van der Waals surface area contributed by atoms with Crippen LogP contribution in [0.3, 0.4) is 0 Å². The van der Waals surface area contributed by atoms with Crippen molar-refractivity contribution < 1.29 is 40.3 Å². The maximum Gasteiger partial charge on any atom is 0.417 e. The summed E-state index contributed by atoms with van der Waals surface area (Å²) in [6.07, 6.45) is -5.49. The van der Waals surface area contributed by atoms with Crippen molar-refractivity contribution in [3.05, 3.63) is 69.0 Å². The Balaban J connectivity index is 1.64. The second-order valence-electron chi connectivity index (χ2n) is 8.25. The molecule has 2 atom stereocenters. The molecular formula is C23H19ClF3NO7S. The summed E-state index contributed by atoms with van der Waals surface area (Å²) in [5, 5.41) is -0.499. The van der Waals surface area contributed by atoms with Gasteiger partial charge in [-0.1, -0.05) is 11.6 Å². The van der Waals surface area contributed by atoms with E-state index in [-0.39, 0.29) is 46.5 Å². The molecule has 8 nitrogen and oxygen atoms in total. The van der Waals surface area contributed by atoms with Gasteiger partial charge in [0.25, 0.3) is 0 Å². The summed E-state index contributed by atoms with van der Waals surface area (Å²) in [5.41, 5.74) is -3.02. The Morgan fingerprint density at radius 2 is 1.75 bits per heavy atom. The van der Waals surface area contributed by atoms with Crippen LogP contribution in [0.2, 0.25) is 5.02 Å². The minimum absolute atomic E-state index is 0.0971. The highest BCUT2D eigenvalue weighted by molar-refractivity contribution is 7.89. The molecule has 0 unspecified atom stereocenters. The molecule has 0 bridgehead atoms. The smallest absolute Gasteiger partial charge is 0.417 e. The number of benzene rings is 2. The lowest BCUT2D eigenvalue weighted by molar-refractivity contribution is -0.136. The highest BCUT2D eigenvalue weighted by atomic mass is 35.5. The first-order valence-electron chi connectivity index (χ1n) is 10.6. The van der Waals surface area contributed by atoms with Gasteiger partial charge < -0.3 is 13.9 Å². The minimum atomic E-state index is -4.80. The van der Waals surface area contributed by atoms with Gasteiger partial charge in [0.15, 0.2) is 0 Å². The van der Waals surface area contributed by atoms with E-state index in [1.165, 1.54) is 16.4 Å². The van der Waals surface area contributed by atoms with E-state index >= 15 is 0 Å². The maximum atomic E-state index is 13.2. The minimum Gasteiger partial charge on any atom is -0.423 e. The van der Waals surface area contributed by atoms with Crippen molar-refractivity contribution in [3.8, 4) is 5.75 Å². The van der Waals surface area contributed by atoms with E-state index in [0.717, 1.165) is 24.3 Å². The predicted octanol–water partition coefficient (Wildman–Crippen LogP) is 4.48. The molecule has 0 saturated carbocycles. The Bertz CT molecular complexity index is 1490. The van der Waals surface area contributed by atoms with Crippen molar-refractivity contribution in [3.63, 3.8) is 0 Å². The van der Waals surface area contributed by atoms with Gasteiger partial charge in [0.05, 0.1) is 28.4 Å². The zero-order valence-electron chi connectivity index (χ0n) is 18.8. The number of nitrogens with zero attached hydrogens (tertiary/aromatic N) is 1. The van der Waals surface area contributed by atoms with E-state index in [4.69, 9.17) is 25.5 Å². The van der Waals surface area contributed by atoms with Gasteiger partial charge in [-0.3, -0.25) is 0 Å². The van der Waals surface area contributed by atoms with E-state index in [9.17, 15) is 31.2 Å². The molecule has 0 N–H and O–H groups in total. The van der Waals surface area contributed by atoms with Crippen LogP contribution in [0.5, 0.6) is 5.75 Å². The number of hydrogen-bond acceptors (Lipinski definition) is 7. The van der Waals surface area contributed by atoms with Crippen LogP contribution in [0.25, 0.3) is 11.0 Å². The molecule has 1 aliphatic rings. The van der Waals surface area contributed by atoms with E-state index in [1.54, 1.807) is 13.8 Å². The first kappa shape index (κ1) is 26.1. The second kappa shape index (κ2) is 9.51.